The van der Waals surface area contributed by atoms with E-state index in [1.54, 1.807) is 54.6 Å². The monoisotopic (exact) mass is 629 g/mol. The van der Waals surface area contributed by atoms with Gasteiger partial charge in [-0.15, -0.1) is 0 Å². The highest BCUT2D eigenvalue weighted by molar-refractivity contribution is 6.32. The van der Waals surface area contributed by atoms with Gasteiger partial charge in [0, 0.05) is 23.4 Å². The van der Waals surface area contributed by atoms with Crippen LogP contribution in [0.5, 0.6) is 17.2 Å². The number of carbonyl (C=O) groups is 2. The first-order chi connectivity index (χ1) is 21.7. The first-order valence-electron chi connectivity index (χ1n) is 14.3. The van der Waals surface area contributed by atoms with Gasteiger partial charge in [-0.25, -0.2) is 9.78 Å². The summed E-state index contributed by atoms with van der Waals surface area (Å²) in [5.74, 6) is -0.373. The van der Waals surface area contributed by atoms with Gasteiger partial charge in [-0.05, 0) is 42.5 Å². The predicted octanol–water partition coefficient (Wildman–Crippen LogP) is 8.76. The summed E-state index contributed by atoms with van der Waals surface area (Å²) >= 11 is 6.39. The average Bonchev–Trinajstić information content (AvgIpc) is 3.03. The Hall–Kier alpha value is -5.08. The molecule has 0 saturated carbocycles. The Labute approximate surface area is 267 Å². The molecule has 1 heterocycles. The fraction of sp³-hybridized carbons (Fsp3) is 0.194. The molecule has 0 aliphatic rings. The van der Waals surface area contributed by atoms with E-state index < -0.39 is 18.0 Å². The Bertz CT molecular complexity index is 1660. The molecule has 5 rings (SSSR count). The van der Waals surface area contributed by atoms with E-state index in [0.717, 1.165) is 23.5 Å². The summed E-state index contributed by atoms with van der Waals surface area (Å²) in [7, 11) is 0. The van der Waals surface area contributed by atoms with Gasteiger partial charge >= 0.3 is 5.97 Å². The highest BCUT2D eigenvalue weighted by Gasteiger charge is 2.24. The molecular weight excluding hydrogens is 594 g/mol. The molecule has 4 aromatic carbocycles. The Morgan fingerprint density at radius 1 is 0.756 bits per heavy atom. The topological polar surface area (TPSA) is 115 Å². The van der Waals surface area contributed by atoms with Crippen molar-refractivity contribution in [3.05, 3.63) is 131 Å². The molecular formula is C36H36ClNO7. The van der Waals surface area contributed by atoms with Gasteiger partial charge in [-0.2, -0.15) is 0 Å². The molecule has 0 aliphatic carbocycles. The molecule has 45 heavy (non-hydrogen) atoms. The zero-order valence-corrected chi connectivity index (χ0v) is 26.1. The molecule has 2 N–H and O–H groups in total. The molecule has 0 fully saturated rings. The van der Waals surface area contributed by atoms with Crippen LogP contribution in [0, 0.1) is 0 Å². The first kappa shape index (κ1) is 34.4. The van der Waals surface area contributed by atoms with Crippen LogP contribution < -0.4 is 14.2 Å². The molecule has 0 aliphatic heterocycles. The van der Waals surface area contributed by atoms with Crippen LogP contribution in [0.1, 0.15) is 50.1 Å². The van der Waals surface area contributed by atoms with Crippen molar-refractivity contribution in [2.75, 3.05) is 0 Å². The van der Waals surface area contributed by atoms with E-state index in [-0.39, 0.29) is 12.4 Å². The molecule has 5 aromatic rings. The maximum absolute atomic E-state index is 11.9. The van der Waals surface area contributed by atoms with E-state index in [4.69, 9.17) is 35.7 Å². The van der Waals surface area contributed by atoms with Crippen molar-refractivity contribution in [1.29, 1.82) is 0 Å². The smallest absolute Gasteiger partial charge is 0.349 e. The second kappa shape index (κ2) is 17.9. The molecule has 0 radical (unpaired) electrons. The number of nitrogens with zero attached hydrogens (tertiary/aromatic N) is 1. The van der Waals surface area contributed by atoms with Gasteiger partial charge in [-0.1, -0.05) is 98.6 Å². The van der Waals surface area contributed by atoms with Crippen LogP contribution in [-0.2, 0) is 22.8 Å². The van der Waals surface area contributed by atoms with Crippen LogP contribution >= 0.6 is 11.6 Å². The van der Waals surface area contributed by atoms with Gasteiger partial charge in [0.15, 0.2) is 0 Å². The summed E-state index contributed by atoms with van der Waals surface area (Å²) in [6.45, 7) is 5.82. The second-order valence-electron chi connectivity index (χ2n) is 9.75. The molecule has 234 valence electrons. The molecule has 1 aromatic heterocycles. The maximum atomic E-state index is 11.9. The fourth-order valence-corrected chi connectivity index (χ4v) is 4.18. The van der Waals surface area contributed by atoms with Crippen LogP contribution in [0.3, 0.4) is 0 Å². The summed E-state index contributed by atoms with van der Waals surface area (Å²) in [5, 5.41) is 18.6. The third kappa shape index (κ3) is 11.2. The molecule has 0 saturated heterocycles. The molecule has 0 spiro atoms. The fourth-order valence-electron chi connectivity index (χ4n) is 3.94. The van der Waals surface area contributed by atoms with Crippen molar-refractivity contribution in [2.45, 2.75) is 46.5 Å². The molecule has 8 nitrogen and oxygen atoms in total. The van der Waals surface area contributed by atoms with Gasteiger partial charge in [0.2, 0.25) is 6.10 Å². The third-order valence-corrected chi connectivity index (χ3v) is 6.17. The van der Waals surface area contributed by atoms with E-state index in [1.165, 1.54) is 6.42 Å². The van der Waals surface area contributed by atoms with Crippen LogP contribution in [-0.4, -0.2) is 27.1 Å². The number of hydrogen-bond acceptors (Lipinski definition) is 6. The van der Waals surface area contributed by atoms with Crippen molar-refractivity contribution < 1.29 is 34.0 Å². The average molecular weight is 630 g/mol. The Balaban J connectivity index is 0.000000719. The minimum atomic E-state index is -1.21. The zero-order valence-electron chi connectivity index (χ0n) is 25.4. The number of para-hydroxylation sites is 2. The van der Waals surface area contributed by atoms with Crippen molar-refractivity contribution in [3.63, 3.8) is 0 Å². The van der Waals surface area contributed by atoms with Crippen molar-refractivity contribution in [2.24, 2.45) is 0 Å². The number of carboxylic acids is 2. The lowest BCUT2D eigenvalue weighted by Gasteiger charge is -2.19. The van der Waals surface area contributed by atoms with Gasteiger partial charge in [0.1, 0.15) is 30.5 Å². The van der Waals surface area contributed by atoms with E-state index in [0.29, 0.717) is 34.3 Å². The molecule has 1 unspecified atom stereocenters. The van der Waals surface area contributed by atoms with E-state index in [9.17, 15) is 9.90 Å². The number of carboxylic acid groups (broad SMARTS) is 2. The second-order valence-corrected chi connectivity index (χ2v) is 10.2. The van der Waals surface area contributed by atoms with E-state index in [2.05, 4.69) is 18.8 Å². The molecule has 0 bridgehead atoms. The summed E-state index contributed by atoms with van der Waals surface area (Å²) < 4.78 is 17.7. The number of aromatic nitrogens is 1. The van der Waals surface area contributed by atoms with Gasteiger partial charge < -0.3 is 24.4 Å². The van der Waals surface area contributed by atoms with Crippen molar-refractivity contribution >= 4 is 34.4 Å². The molecule has 1 atom stereocenters. The Morgan fingerprint density at radius 3 is 1.96 bits per heavy atom. The Morgan fingerprint density at radius 2 is 1.33 bits per heavy atom. The zero-order chi connectivity index (χ0) is 32.6. The normalized spacial score (nSPS) is 10.8. The van der Waals surface area contributed by atoms with Crippen LogP contribution in [0.4, 0.5) is 0 Å². The van der Waals surface area contributed by atoms with Gasteiger partial charge in [0.05, 0.1) is 16.2 Å². The summed E-state index contributed by atoms with van der Waals surface area (Å²) in [4.78, 5) is 25.6. The molecule has 9 heteroatoms. The third-order valence-electron chi connectivity index (χ3n) is 5.87. The highest BCUT2D eigenvalue weighted by Crippen LogP contribution is 2.34. The number of pyridine rings is 1. The van der Waals surface area contributed by atoms with Crippen molar-refractivity contribution in [1.82, 2.24) is 4.98 Å². The van der Waals surface area contributed by atoms with Crippen LogP contribution in [0.15, 0.2) is 109 Å². The number of rotatable bonds is 10. The van der Waals surface area contributed by atoms with E-state index >= 15 is 0 Å². The number of benzene rings is 4. The van der Waals surface area contributed by atoms with Crippen molar-refractivity contribution in [3.8, 4) is 17.2 Å². The maximum Gasteiger partial charge on any atom is 0.349 e. The lowest BCUT2D eigenvalue weighted by atomic mass is 10.1. The summed E-state index contributed by atoms with van der Waals surface area (Å²) in [5.41, 5.74) is 2.91. The number of ether oxygens (including phenoxy) is 3. The lowest BCUT2D eigenvalue weighted by molar-refractivity contribution is -0.145. The lowest BCUT2D eigenvalue weighted by Crippen LogP contribution is -2.19. The number of aliphatic carboxylic acids is 2. The first-order valence-corrected chi connectivity index (χ1v) is 14.7. The minimum absolute atomic E-state index is 0.137. The Kier molecular flexibility index (Phi) is 13.7. The van der Waals surface area contributed by atoms with E-state index in [1.807, 2.05) is 54.6 Å². The largest absolute Gasteiger partial charge is 0.489 e. The number of fused-ring (bicyclic) bond motifs is 1. The van der Waals surface area contributed by atoms with Crippen LogP contribution in [0.25, 0.3) is 10.9 Å². The highest BCUT2D eigenvalue weighted by atomic mass is 35.5. The SMILES string of the molecule is CC(=O)O.CCC.O=C(O)C(Oc1c(Cl)cccc1COc1ccc(OCc2ccc3ccccc3n2)cc1)c1ccccc1. The number of hydrogen-bond donors (Lipinski definition) is 2. The summed E-state index contributed by atoms with van der Waals surface area (Å²) in [6, 6.07) is 33.1. The van der Waals surface area contributed by atoms with Gasteiger partial charge in [-0.3, -0.25) is 4.79 Å². The number of halogens is 1. The quantitative estimate of drug-likeness (QED) is 0.157. The summed E-state index contributed by atoms with van der Waals surface area (Å²) in [6.07, 6.45) is 0.0448. The van der Waals surface area contributed by atoms with Crippen LogP contribution in [0.2, 0.25) is 5.02 Å². The van der Waals surface area contributed by atoms with Gasteiger partial charge in [0.25, 0.3) is 5.97 Å². The molecule has 0 amide bonds. The minimum Gasteiger partial charge on any atom is -0.489 e. The predicted molar refractivity (Wildman–Crippen MR) is 175 cm³/mol. The standard InChI is InChI=1S/C31H24ClNO5.C3H8.C2H4O2/c32-27-11-6-10-23(29(27)38-30(31(34)35)22-8-2-1-3-9-22)19-36-25-15-17-26(18-16-25)37-20-24-14-13-21-7-4-5-12-28(21)33-24;1-3-2;1-2(3)4/h1-18,30H,19-20H2,(H,34,35);3H2,1-2H3;1H3,(H,3,4).